The molecular weight excluding hydrogens is 682 g/mol. The van der Waals surface area contributed by atoms with Gasteiger partial charge in [0.05, 0.1) is 24.1 Å². The molecule has 0 spiro atoms. The highest BCUT2D eigenvalue weighted by molar-refractivity contribution is 8.04. The van der Waals surface area contributed by atoms with Gasteiger partial charge in [0.2, 0.25) is 11.8 Å². The highest BCUT2D eigenvalue weighted by Crippen LogP contribution is 2.60. The van der Waals surface area contributed by atoms with E-state index in [0.29, 0.717) is 6.42 Å². The number of nitrogens with zero attached hydrogens (tertiary/aromatic N) is 2. The quantitative estimate of drug-likeness (QED) is 0.0761. The maximum atomic E-state index is 13.1. The summed E-state index contributed by atoms with van der Waals surface area (Å²) < 4.78 is 47.4. The first kappa shape index (κ1) is 41.1. The summed E-state index contributed by atoms with van der Waals surface area (Å²) in [5.41, 5.74) is -0.829. The molecule has 0 radical (unpaired) electrons. The zero-order chi connectivity index (χ0) is 35.4. The molecule has 2 N–H and O–H groups in total. The van der Waals surface area contributed by atoms with Crippen molar-refractivity contribution in [3.63, 3.8) is 0 Å². The van der Waals surface area contributed by atoms with Gasteiger partial charge >= 0.3 is 15.2 Å². The van der Waals surface area contributed by atoms with Crippen LogP contribution in [-0.4, -0.2) is 102 Å². The Morgan fingerprint density at radius 3 is 1.87 bits per heavy atom. The predicted octanol–water partition coefficient (Wildman–Crippen LogP) is 4.69. The second kappa shape index (κ2) is 15.7. The first-order valence-electron chi connectivity index (χ1n) is 14.9. The number of carbonyl (C=O) groups excluding carboxylic acids is 4. The number of hydrogen-bond donors (Lipinski definition) is 2. The summed E-state index contributed by atoms with van der Waals surface area (Å²) in [5, 5.41) is -3.92. The van der Waals surface area contributed by atoms with Crippen LogP contribution in [-0.2, 0) is 46.3 Å². The first-order valence-corrected chi connectivity index (χ1v) is 19.8. The van der Waals surface area contributed by atoms with E-state index in [4.69, 9.17) is 18.0 Å². The van der Waals surface area contributed by atoms with E-state index in [1.54, 1.807) is 27.7 Å². The molecule has 46 heavy (non-hydrogen) atoms. The summed E-state index contributed by atoms with van der Waals surface area (Å²) in [5.74, 6) is -1.65. The average Bonchev–Trinajstić information content (AvgIpc) is 3.34. The minimum atomic E-state index is -4.38. The Kier molecular flexibility index (Phi) is 14.0. The third-order valence-electron chi connectivity index (χ3n) is 7.25. The van der Waals surface area contributed by atoms with Gasteiger partial charge in [-0.3, -0.25) is 38.1 Å². The molecule has 2 aliphatic rings. The van der Waals surface area contributed by atoms with Crippen molar-refractivity contribution < 1.29 is 56.1 Å². The van der Waals surface area contributed by atoms with Crippen molar-refractivity contribution >= 4 is 62.6 Å². The van der Waals surface area contributed by atoms with E-state index in [1.165, 1.54) is 39.5 Å². The number of ether oxygens (including phenoxy) is 2. The van der Waals surface area contributed by atoms with Gasteiger partial charge in [0.25, 0.3) is 11.8 Å². The van der Waals surface area contributed by atoms with Gasteiger partial charge in [0.15, 0.2) is 10.7 Å². The highest BCUT2D eigenvalue weighted by atomic mass is 32.2. The van der Waals surface area contributed by atoms with E-state index in [0.717, 1.165) is 40.4 Å². The molecule has 1 fully saturated rings. The lowest BCUT2D eigenvalue weighted by Gasteiger charge is -2.36. The van der Waals surface area contributed by atoms with Crippen molar-refractivity contribution in [3.05, 3.63) is 12.2 Å². The molecule has 0 aromatic rings. The summed E-state index contributed by atoms with van der Waals surface area (Å²) >= 11 is 1.96. The summed E-state index contributed by atoms with van der Waals surface area (Å²) in [6.45, 7) is 14.1. The first-order chi connectivity index (χ1) is 20.9. The van der Waals surface area contributed by atoms with E-state index in [-0.39, 0.29) is 38.5 Å². The normalized spacial score (nSPS) is 21.0. The number of hydrogen-bond acceptors (Lipinski definition) is 12. The van der Waals surface area contributed by atoms with Crippen LogP contribution in [0.25, 0.3) is 0 Å². The van der Waals surface area contributed by atoms with E-state index in [9.17, 15) is 38.1 Å². The predicted molar refractivity (Wildman–Crippen MR) is 176 cm³/mol. The molecule has 0 saturated carbocycles. The summed E-state index contributed by atoms with van der Waals surface area (Å²) in [6.07, 6.45) is 3.56. The zero-order valence-corrected chi connectivity index (χ0v) is 31.4. The lowest BCUT2D eigenvalue weighted by atomic mass is 10.0. The minimum absolute atomic E-state index is 0.0504. The number of amides is 4. The van der Waals surface area contributed by atoms with Gasteiger partial charge in [-0.05, 0) is 61.8 Å². The topological polar surface area (TPSA) is 186 Å². The Balaban J connectivity index is 1.83. The Bertz CT molecular complexity index is 1270. The number of imide groups is 2. The monoisotopic (exact) mass is 730 g/mol. The molecule has 3 unspecified atom stereocenters. The second-order valence-corrected chi connectivity index (χ2v) is 20.6. The molecule has 0 aromatic heterocycles. The van der Waals surface area contributed by atoms with Crippen LogP contribution in [0.5, 0.6) is 0 Å². The van der Waals surface area contributed by atoms with Crippen molar-refractivity contribution in [1.29, 1.82) is 0 Å². The number of likely N-dealkylation sites (tertiary alicyclic amines) is 1. The van der Waals surface area contributed by atoms with Crippen LogP contribution in [0, 0.1) is 0 Å². The summed E-state index contributed by atoms with van der Waals surface area (Å²) in [4.78, 5) is 72.2. The molecule has 2 aliphatic heterocycles. The number of carbonyl (C=O) groups is 4. The lowest BCUT2D eigenvalue weighted by Crippen LogP contribution is -2.41. The van der Waals surface area contributed by atoms with Gasteiger partial charge in [-0.25, -0.2) is 3.97 Å². The van der Waals surface area contributed by atoms with Crippen molar-refractivity contribution in [2.24, 2.45) is 0 Å². The van der Waals surface area contributed by atoms with Gasteiger partial charge < -0.3 is 23.8 Å². The fraction of sp³-hybridized carbons (Fsp3) is 0.786. The smallest absolute Gasteiger partial charge is 0.361 e. The summed E-state index contributed by atoms with van der Waals surface area (Å²) in [7, 11) is -8.58. The van der Waals surface area contributed by atoms with E-state index >= 15 is 0 Å². The third-order valence-corrected chi connectivity index (χ3v) is 14.7. The molecule has 264 valence electrons. The van der Waals surface area contributed by atoms with E-state index in [2.05, 4.69) is 0 Å². The maximum Gasteiger partial charge on any atom is 0.370 e. The van der Waals surface area contributed by atoms with E-state index in [1.807, 2.05) is 6.92 Å². The fourth-order valence-electron chi connectivity index (χ4n) is 4.42. The van der Waals surface area contributed by atoms with Gasteiger partial charge in [0, 0.05) is 54.2 Å². The van der Waals surface area contributed by atoms with Crippen molar-refractivity contribution in [2.45, 2.75) is 108 Å². The molecule has 0 aromatic carbocycles. The average molecular weight is 731 g/mol. The van der Waals surface area contributed by atoms with Gasteiger partial charge in [-0.1, -0.05) is 13.3 Å². The lowest BCUT2D eigenvalue weighted by molar-refractivity contribution is -0.142. The molecule has 2 rings (SSSR count). The minimum Gasteiger partial charge on any atom is -0.361 e. The molecule has 14 nitrogen and oxygen atoms in total. The van der Waals surface area contributed by atoms with Crippen LogP contribution in [0.4, 0.5) is 0 Å². The van der Waals surface area contributed by atoms with Crippen LogP contribution < -0.4 is 0 Å². The molecule has 4 amide bonds. The molecule has 2 heterocycles. The van der Waals surface area contributed by atoms with E-state index < -0.39 is 65.1 Å². The van der Waals surface area contributed by atoms with Crippen LogP contribution in [0.2, 0.25) is 0 Å². The Labute approximate surface area is 279 Å². The van der Waals surface area contributed by atoms with Crippen LogP contribution in [0.3, 0.4) is 0 Å². The van der Waals surface area contributed by atoms with Crippen molar-refractivity contribution in [1.82, 2.24) is 9.80 Å². The molecule has 0 bridgehead atoms. The third kappa shape index (κ3) is 11.0. The molecule has 1 saturated heterocycles. The SMILES string of the molecule is CCCC(C)(C)OP(=O)(O)C(C)(C)OCCOC(C)(C)P(=O)(O)OSCC(C)(C)SC1CC(=O)N(CCN2C(=O)C=CC2=O)C1=O. The Morgan fingerprint density at radius 2 is 1.35 bits per heavy atom. The van der Waals surface area contributed by atoms with Crippen LogP contribution in [0.1, 0.15) is 81.6 Å². The fourth-order valence-corrected chi connectivity index (χ4v) is 9.33. The molecule has 18 heteroatoms. The molecular formula is C28H48N2O12P2S2. The maximum absolute atomic E-state index is 13.1. The van der Waals surface area contributed by atoms with Crippen LogP contribution in [0.15, 0.2) is 12.2 Å². The zero-order valence-electron chi connectivity index (χ0n) is 28.0. The largest absolute Gasteiger partial charge is 0.370 e. The standard InChI is InChI=1S/C28H48N2O12P2S2/c1-10-13-25(2,3)41-43(35,36)27(6,7)39-16-17-40-28(8,9)44(37,38)42-45-19-26(4,5)46-20-18-23(33)30(24(20)34)15-14-29-21(31)11-12-22(29)32/h11-12,20H,10,13-19H2,1-9H3,(H,35,36)(H,37,38). The van der Waals surface area contributed by atoms with Crippen LogP contribution >= 0.6 is 39.0 Å². The summed E-state index contributed by atoms with van der Waals surface area (Å²) in [6, 6.07) is 0. The van der Waals surface area contributed by atoms with Crippen molar-refractivity contribution in [3.8, 4) is 0 Å². The van der Waals surface area contributed by atoms with Gasteiger partial charge in [-0.15, -0.1) is 11.8 Å². The Hall–Kier alpha value is -1.06. The van der Waals surface area contributed by atoms with Gasteiger partial charge in [-0.2, -0.15) is 0 Å². The second-order valence-electron chi connectivity index (χ2n) is 13.2. The van der Waals surface area contributed by atoms with Gasteiger partial charge in [0.1, 0.15) is 0 Å². The molecule has 3 atom stereocenters. The van der Waals surface area contributed by atoms with Crippen molar-refractivity contribution in [2.75, 3.05) is 32.1 Å². The number of thioether (sulfide) groups is 1. The highest BCUT2D eigenvalue weighted by Gasteiger charge is 2.47. The Morgan fingerprint density at radius 1 is 0.848 bits per heavy atom. The molecule has 0 aliphatic carbocycles. The number of rotatable bonds is 20.